The molecule has 0 saturated carbocycles. The zero-order valence-corrected chi connectivity index (χ0v) is 17.3. The Morgan fingerprint density at radius 2 is 2.10 bits per heavy atom. The molecule has 0 spiro atoms. The van der Waals surface area contributed by atoms with E-state index in [1.807, 2.05) is 24.0 Å². The van der Waals surface area contributed by atoms with Crippen LogP contribution in [0.15, 0.2) is 53.9 Å². The second kappa shape index (κ2) is 8.51. The summed E-state index contributed by atoms with van der Waals surface area (Å²) >= 11 is 0. The van der Waals surface area contributed by atoms with Crippen LogP contribution in [0.5, 0.6) is 0 Å². The molecule has 2 aromatic heterocycles. The first-order valence-corrected chi connectivity index (χ1v) is 10.3. The molecule has 1 aliphatic carbocycles. The van der Waals surface area contributed by atoms with E-state index < -0.39 is 0 Å². The molecular formula is C22H29N7. The van der Waals surface area contributed by atoms with Crippen molar-refractivity contribution in [3.63, 3.8) is 0 Å². The van der Waals surface area contributed by atoms with Gasteiger partial charge in [0.05, 0.1) is 11.4 Å². The molecule has 29 heavy (non-hydrogen) atoms. The van der Waals surface area contributed by atoms with Crippen LogP contribution in [0.1, 0.15) is 43.1 Å². The van der Waals surface area contributed by atoms with Gasteiger partial charge in [-0.3, -0.25) is 9.67 Å². The molecule has 2 N–H and O–H groups in total. The molecule has 1 atom stereocenters. The Morgan fingerprint density at radius 3 is 2.79 bits per heavy atom. The molecule has 0 aliphatic heterocycles. The lowest BCUT2D eigenvalue weighted by Crippen LogP contribution is -2.45. The molecule has 1 aromatic carbocycles. The van der Waals surface area contributed by atoms with E-state index in [1.165, 1.54) is 16.8 Å². The number of aliphatic imine (C=N–C) groups is 1. The molecule has 7 heteroatoms. The summed E-state index contributed by atoms with van der Waals surface area (Å²) < 4.78 is 3.93. The average Bonchev–Trinajstić information content (AvgIpc) is 3.41. The summed E-state index contributed by atoms with van der Waals surface area (Å²) in [5.74, 6) is 0.831. The van der Waals surface area contributed by atoms with Gasteiger partial charge in [-0.1, -0.05) is 12.1 Å². The summed E-state index contributed by atoms with van der Waals surface area (Å²) in [7, 11) is 1.82. The van der Waals surface area contributed by atoms with Gasteiger partial charge in [-0.25, -0.2) is 4.68 Å². The van der Waals surface area contributed by atoms with Gasteiger partial charge in [0.15, 0.2) is 5.96 Å². The number of nitrogens with one attached hydrogen (secondary N) is 2. The summed E-state index contributed by atoms with van der Waals surface area (Å²) in [5, 5.41) is 16.0. The third-order valence-electron chi connectivity index (χ3n) is 5.36. The fraction of sp³-hybridized carbons (Fsp3) is 0.409. The van der Waals surface area contributed by atoms with Gasteiger partial charge in [0.1, 0.15) is 0 Å². The Kier molecular flexibility index (Phi) is 5.64. The normalized spacial score (nSPS) is 16.7. The van der Waals surface area contributed by atoms with Gasteiger partial charge in [0, 0.05) is 50.7 Å². The van der Waals surface area contributed by atoms with Gasteiger partial charge < -0.3 is 10.6 Å². The van der Waals surface area contributed by atoms with Crippen LogP contribution in [0.4, 0.5) is 0 Å². The minimum absolute atomic E-state index is 0.353. The Labute approximate surface area is 171 Å². The van der Waals surface area contributed by atoms with Crippen LogP contribution in [-0.2, 0) is 19.4 Å². The summed E-state index contributed by atoms with van der Waals surface area (Å²) in [6.45, 7) is 5.06. The molecule has 7 nitrogen and oxygen atoms in total. The van der Waals surface area contributed by atoms with Crippen molar-refractivity contribution in [2.75, 3.05) is 7.05 Å². The van der Waals surface area contributed by atoms with Crippen molar-refractivity contribution in [2.24, 2.45) is 4.99 Å². The van der Waals surface area contributed by atoms with Crippen molar-refractivity contribution in [1.82, 2.24) is 30.2 Å². The SMILES string of the molecule is CN=C(NCc1ccc(-n2cccn2)cc1)NC1CCc2cn(C(C)C)nc2C1. The number of rotatable bonds is 5. The summed E-state index contributed by atoms with van der Waals surface area (Å²) in [4.78, 5) is 4.40. The summed E-state index contributed by atoms with van der Waals surface area (Å²) in [6.07, 6.45) is 9.03. The molecule has 152 valence electrons. The van der Waals surface area contributed by atoms with E-state index >= 15 is 0 Å². The number of guanidine groups is 1. The molecule has 0 fully saturated rings. The topological polar surface area (TPSA) is 72.1 Å². The number of aromatic nitrogens is 4. The lowest BCUT2D eigenvalue weighted by atomic mass is 9.94. The number of nitrogens with zero attached hydrogens (tertiary/aromatic N) is 5. The third kappa shape index (κ3) is 4.50. The zero-order valence-electron chi connectivity index (χ0n) is 17.3. The van der Waals surface area contributed by atoms with Crippen molar-refractivity contribution in [2.45, 2.75) is 51.7 Å². The van der Waals surface area contributed by atoms with Gasteiger partial charge in [-0.2, -0.15) is 10.2 Å². The first-order valence-electron chi connectivity index (χ1n) is 10.3. The predicted molar refractivity (Wildman–Crippen MR) is 115 cm³/mol. The Hall–Kier alpha value is -3.09. The number of hydrogen-bond acceptors (Lipinski definition) is 3. The van der Waals surface area contributed by atoms with Crippen molar-refractivity contribution in [3.05, 3.63) is 65.7 Å². The van der Waals surface area contributed by atoms with E-state index in [9.17, 15) is 0 Å². The van der Waals surface area contributed by atoms with Gasteiger partial charge in [-0.05, 0) is 56.0 Å². The third-order valence-corrected chi connectivity index (χ3v) is 5.36. The summed E-state index contributed by atoms with van der Waals surface area (Å²) in [5.41, 5.74) is 4.86. The fourth-order valence-corrected chi connectivity index (χ4v) is 3.66. The van der Waals surface area contributed by atoms with Crippen molar-refractivity contribution in [3.8, 4) is 5.69 Å². The zero-order chi connectivity index (χ0) is 20.2. The standard InChI is InChI=1S/C22H29N7/c1-16(2)29-15-18-7-8-19(13-21(18)27-29)26-22(23-3)24-14-17-5-9-20(10-6-17)28-12-4-11-25-28/h4-6,9-12,15-16,19H,7-8,13-14H2,1-3H3,(H2,23,24,26). The van der Waals surface area contributed by atoms with E-state index in [0.29, 0.717) is 12.1 Å². The van der Waals surface area contributed by atoms with Crippen molar-refractivity contribution >= 4 is 5.96 Å². The van der Waals surface area contributed by atoms with E-state index in [0.717, 1.165) is 37.5 Å². The maximum Gasteiger partial charge on any atom is 0.191 e. The van der Waals surface area contributed by atoms with Gasteiger partial charge >= 0.3 is 0 Å². The molecule has 1 aliphatic rings. The number of fused-ring (bicyclic) bond motifs is 1. The number of hydrogen-bond donors (Lipinski definition) is 2. The van der Waals surface area contributed by atoms with Crippen LogP contribution in [0.2, 0.25) is 0 Å². The highest BCUT2D eigenvalue weighted by Gasteiger charge is 2.22. The lowest BCUT2D eigenvalue weighted by Gasteiger charge is -2.24. The maximum absolute atomic E-state index is 4.77. The molecule has 0 radical (unpaired) electrons. The second-order valence-electron chi connectivity index (χ2n) is 7.80. The number of benzene rings is 1. The van der Waals surface area contributed by atoms with E-state index in [2.05, 4.69) is 69.7 Å². The largest absolute Gasteiger partial charge is 0.353 e. The van der Waals surface area contributed by atoms with Gasteiger partial charge in [0.25, 0.3) is 0 Å². The van der Waals surface area contributed by atoms with Crippen LogP contribution in [0.25, 0.3) is 5.69 Å². The lowest BCUT2D eigenvalue weighted by molar-refractivity contribution is 0.499. The van der Waals surface area contributed by atoms with Crippen molar-refractivity contribution < 1.29 is 0 Å². The van der Waals surface area contributed by atoms with Crippen LogP contribution in [0, 0.1) is 0 Å². The van der Waals surface area contributed by atoms with Crippen LogP contribution >= 0.6 is 0 Å². The van der Waals surface area contributed by atoms with Crippen LogP contribution in [0.3, 0.4) is 0 Å². The number of aryl methyl sites for hydroxylation is 1. The maximum atomic E-state index is 4.77. The van der Waals surface area contributed by atoms with Gasteiger partial charge in [0.2, 0.25) is 0 Å². The Bertz CT molecular complexity index is 952. The molecular weight excluding hydrogens is 362 g/mol. The molecule has 0 amide bonds. The monoisotopic (exact) mass is 391 g/mol. The average molecular weight is 392 g/mol. The first-order chi connectivity index (χ1) is 14.1. The van der Waals surface area contributed by atoms with E-state index in [4.69, 9.17) is 5.10 Å². The summed E-state index contributed by atoms with van der Waals surface area (Å²) in [6, 6.07) is 11.1. The first kappa shape index (κ1) is 19.2. The highest BCUT2D eigenvalue weighted by atomic mass is 15.3. The minimum Gasteiger partial charge on any atom is -0.353 e. The molecule has 0 saturated heterocycles. The van der Waals surface area contributed by atoms with Gasteiger partial charge in [-0.15, -0.1) is 0 Å². The molecule has 0 bridgehead atoms. The minimum atomic E-state index is 0.353. The molecule has 3 aromatic rings. The smallest absolute Gasteiger partial charge is 0.191 e. The highest BCUT2D eigenvalue weighted by molar-refractivity contribution is 5.80. The molecule has 1 unspecified atom stereocenters. The second-order valence-corrected chi connectivity index (χ2v) is 7.80. The fourth-order valence-electron chi connectivity index (χ4n) is 3.66. The Morgan fingerprint density at radius 1 is 1.28 bits per heavy atom. The van der Waals surface area contributed by atoms with E-state index in [1.54, 1.807) is 6.20 Å². The Balaban J connectivity index is 1.32. The molecule has 2 heterocycles. The van der Waals surface area contributed by atoms with E-state index in [-0.39, 0.29) is 0 Å². The van der Waals surface area contributed by atoms with Crippen LogP contribution in [-0.4, -0.2) is 38.6 Å². The highest BCUT2D eigenvalue weighted by Crippen LogP contribution is 2.21. The quantitative estimate of drug-likeness (QED) is 0.518. The van der Waals surface area contributed by atoms with Crippen molar-refractivity contribution in [1.29, 1.82) is 0 Å². The predicted octanol–water partition coefficient (Wildman–Crippen LogP) is 2.87. The molecule has 4 rings (SSSR count). The van der Waals surface area contributed by atoms with Crippen LogP contribution < -0.4 is 10.6 Å².